The number of hydrogen-bond acceptors (Lipinski definition) is 5. The number of thioether (sulfide) groups is 1. The summed E-state index contributed by atoms with van der Waals surface area (Å²) in [5.41, 5.74) is 2.93. The number of aromatic nitrogens is 2. The molecule has 1 aromatic heterocycles. The molecule has 4 rings (SSSR count). The van der Waals surface area contributed by atoms with Crippen molar-refractivity contribution in [2.75, 3.05) is 36.8 Å². The van der Waals surface area contributed by atoms with Crippen LogP contribution in [0, 0.1) is 12.8 Å². The minimum atomic E-state index is -0.113. The molecule has 0 N–H and O–H groups in total. The third-order valence-electron chi connectivity index (χ3n) is 5.75. The molecule has 174 valence electrons. The maximum atomic E-state index is 13.1. The minimum absolute atomic E-state index is 0.0745. The number of hydrogen-bond donors (Lipinski definition) is 0. The summed E-state index contributed by atoms with van der Waals surface area (Å²) in [6.45, 7) is 9.75. The SMILES string of the molecule is Cc1cccc(N2CCN(C(=O)CSc3nc4ccc(Cl)cc4c(=O)n3CC(C)C)CC2)c1. The van der Waals surface area contributed by atoms with Crippen molar-refractivity contribution in [1.29, 1.82) is 0 Å². The molecule has 0 spiro atoms. The van der Waals surface area contributed by atoms with Crippen molar-refractivity contribution in [2.24, 2.45) is 5.92 Å². The second-order valence-electron chi connectivity index (χ2n) is 8.86. The van der Waals surface area contributed by atoms with E-state index in [1.807, 2.05) is 4.90 Å². The van der Waals surface area contributed by atoms with E-state index in [9.17, 15) is 9.59 Å². The Morgan fingerprint density at radius 3 is 2.58 bits per heavy atom. The maximum absolute atomic E-state index is 13.1. The number of carbonyl (C=O) groups is 1. The van der Waals surface area contributed by atoms with E-state index in [0.29, 0.717) is 40.7 Å². The molecular formula is C25H29ClN4O2S. The zero-order valence-electron chi connectivity index (χ0n) is 19.3. The number of halogens is 1. The molecule has 1 aliphatic rings. The van der Waals surface area contributed by atoms with E-state index in [1.165, 1.54) is 23.0 Å². The van der Waals surface area contributed by atoms with Gasteiger partial charge in [0.1, 0.15) is 0 Å². The molecule has 1 amide bonds. The van der Waals surface area contributed by atoms with Crippen molar-refractivity contribution >= 4 is 45.9 Å². The molecule has 33 heavy (non-hydrogen) atoms. The van der Waals surface area contributed by atoms with Crippen molar-refractivity contribution in [3.63, 3.8) is 0 Å². The van der Waals surface area contributed by atoms with Crippen LogP contribution in [0.1, 0.15) is 19.4 Å². The van der Waals surface area contributed by atoms with Gasteiger partial charge >= 0.3 is 0 Å². The summed E-state index contributed by atoms with van der Waals surface area (Å²) in [7, 11) is 0. The van der Waals surface area contributed by atoms with Gasteiger partial charge in [0.25, 0.3) is 5.56 Å². The first-order chi connectivity index (χ1) is 15.8. The van der Waals surface area contributed by atoms with Crippen molar-refractivity contribution in [2.45, 2.75) is 32.5 Å². The number of anilines is 1. The second-order valence-corrected chi connectivity index (χ2v) is 10.2. The third-order valence-corrected chi connectivity index (χ3v) is 6.95. The summed E-state index contributed by atoms with van der Waals surface area (Å²) >= 11 is 7.44. The summed E-state index contributed by atoms with van der Waals surface area (Å²) in [5, 5.41) is 1.60. The molecule has 0 radical (unpaired) electrons. The van der Waals surface area contributed by atoms with Gasteiger partial charge in [-0.3, -0.25) is 14.2 Å². The van der Waals surface area contributed by atoms with Crippen LogP contribution in [0.5, 0.6) is 0 Å². The third kappa shape index (κ3) is 5.53. The molecule has 3 aromatic rings. The van der Waals surface area contributed by atoms with Gasteiger partial charge < -0.3 is 9.80 Å². The Morgan fingerprint density at radius 1 is 1.12 bits per heavy atom. The standard InChI is InChI=1S/C25H29ClN4O2S/c1-17(2)15-30-24(32)21-14-19(26)7-8-22(21)27-25(30)33-16-23(31)29-11-9-28(10-12-29)20-6-4-5-18(3)13-20/h4-8,13-14,17H,9-12,15-16H2,1-3H3. The normalized spacial score (nSPS) is 14.3. The molecule has 6 nitrogen and oxygen atoms in total. The lowest BCUT2D eigenvalue weighted by atomic mass is 10.2. The fourth-order valence-corrected chi connectivity index (χ4v) is 5.15. The summed E-state index contributed by atoms with van der Waals surface area (Å²) in [4.78, 5) is 35.0. The fourth-order valence-electron chi connectivity index (χ4n) is 4.07. The van der Waals surface area contributed by atoms with Crippen LogP contribution in [0.2, 0.25) is 5.02 Å². The number of aryl methyl sites for hydroxylation is 1. The van der Waals surface area contributed by atoms with E-state index in [4.69, 9.17) is 16.6 Å². The second kappa shape index (κ2) is 10.2. The Morgan fingerprint density at radius 2 is 1.88 bits per heavy atom. The molecule has 1 fully saturated rings. The van der Waals surface area contributed by atoms with Crippen molar-refractivity contribution in [3.05, 3.63) is 63.4 Å². The Bertz CT molecular complexity index is 1220. The van der Waals surface area contributed by atoms with Crippen molar-refractivity contribution in [3.8, 4) is 0 Å². The van der Waals surface area contributed by atoms with Gasteiger partial charge in [-0.2, -0.15) is 0 Å². The van der Waals surface area contributed by atoms with E-state index >= 15 is 0 Å². The molecule has 2 heterocycles. The largest absolute Gasteiger partial charge is 0.368 e. The highest BCUT2D eigenvalue weighted by Gasteiger charge is 2.22. The van der Waals surface area contributed by atoms with E-state index in [1.54, 1.807) is 22.8 Å². The molecule has 0 bridgehead atoms. The summed E-state index contributed by atoms with van der Waals surface area (Å²) in [5.74, 6) is 0.602. The predicted octanol–water partition coefficient (Wildman–Crippen LogP) is 4.46. The molecule has 0 saturated carbocycles. The lowest BCUT2D eigenvalue weighted by Crippen LogP contribution is -2.49. The average Bonchev–Trinajstić information content (AvgIpc) is 2.80. The zero-order valence-corrected chi connectivity index (χ0v) is 20.8. The summed E-state index contributed by atoms with van der Waals surface area (Å²) in [6.07, 6.45) is 0. The molecule has 8 heteroatoms. The van der Waals surface area contributed by atoms with Crippen LogP contribution in [-0.2, 0) is 11.3 Å². The number of fused-ring (bicyclic) bond motifs is 1. The van der Waals surface area contributed by atoms with Crippen molar-refractivity contribution in [1.82, 2.24) is 14.5 Å². The number of nitrogens with zero attached hydrogens (tertiary/aromatic N) is 4. The number of amides is 1. The zero-order chi connectivity index (χ0) is 23.5. The van der Waals surface area contributed by atoms with Gasteiger partial charge in [-0.25, -0.2) is 4.98 Å². The van der Waals surface area contributed by atoms with Crippen LogP contribution in [0.3, 0.4) is 0 Å². The molecule has 1 aliphatic heterocycles. The lowest BCUT2D eigenvalue weighted by Gasteiger charge is -2.36. The smallest absolute Gasteiger partial charge is 0.262 e. The van der Waals surface area contributed by atoms with Crippen LogP contribution in [-0.4, -0.2) is 52.3 Å². The van der Waals surface area contributed by atoms with Gasteiger partial charge in [0.05, 0.1) is 16.7 Å². The first-order valence-electron chi connectivity index (χ1n) is 11.2. The quantitative estimate of drug-likeness (QED) is 0.382. The Labute approximate surface area is 203 Å². The molecule has 2 aromatic carbocycles. The first kappa shape index (κ1) is 23.6. The number of piperazine rings is 1. The molecule has 1 saturated heterocycles. The minimum Gasteiger partial charge on any atom is -0.368 e. The van der Waals surface area contributed by atoms with Crippen molar-refractivity contribution < 1.29 is 4.79 Å². The molecule has 0 aliphatic carbocycles. The van der Waals surface area contributed by atoms with Crippen LogP contribution in [0.4, 0.5) is 5.69 Å². The first-order valence-corrected chi connectivity index (χ1v) is 12.6. The number of benzene rings is 2. The fraction of sp³-hybridized carbons (Fsp3) is 0.400. The Balaban J connectivity index is 1.45. The summed E-state index contributed by atoms with van der Waals surface area (Å²) < 4.78 is 1.68. The van der Waals surface area contributed by atoms with Crippen LogP contribution >= 0.6 is 23.4 Å². The molecule has 0 atom stereocenters. The van der Waals surface area contributed by atoms with Gasteiger partial charge in [-0.15, -0.1) is 0 Å². The highest BCUT2D eigenvalue weighted by molar-refractivity contribution is 7.99. The molecular weight excluding hydrogens is 456 g/mol. The summed E-state index contributed by atoms with van der Waals surface area (Å²) in [6, 6.07) is 13.6. The van der Waals surface area contributed by atoms with Crippen LogP contribution < -0.4 is 10.5 Å². The highest BCUT2D eigenvalue weighted by Crippen LogP contribution is 2.23. The Hall–Kier alpha value is -2.51. The van der Waals surface area contributed by atoms with Crippen LogP contribution in [0.25, 0.3) is 10.9 Å². The van der Waals surface area contributed by atoms with Crippen LogP contribution in [0.15, 0.2) is 52.4 Å². The lowest BCUT2D eigenvalue weighted by molar-refractivity contribution is -0.128. The maximum Gasteiger partial charge on any atom is 0.262 e. The Kier molecular flexibility index (Phi) is 7.29. The van der Waals surface area contributed by atoms with E-state index in [-0.39, 0.29) is 23.1 Å². The topological polar surface area (TPSA) is 58.4 Å². The number of rotatable bonds is 6. The monoisotopic (exact) mass is 484 g/mol. The van der Waals surface area contributed by atoms with Gasteiger partial charge in [0, 0.05) is 43.4 Å². The average molecular weight is 485 g/mol. The van der Waals surface area contributed by atoms with Gasteiger partial charge in [0.15, 0.2) is 5.16 Å². The number of carbonyl (C=O) groups excluding carboxylic acids is 1. The van der Waals surface area contributed by atoms with Gasteiger partial charge in [-0.05, 0) is 48.7 Å². The predicted molar refractivity (Wildman–Crippen MR) is 137 cm³/mol. The van der Waals surface area contributed by atoms with E-state index in [2.05, 4.69) is 49.9 Å². The highest BCUT2D eigenvalue weighted by atomic mass is 35.5. The van der Waals surface area contributed by atoms with Gasteiger partial charge in [0.2, 0.25) is 5.91 Å². The van der Waals surface area contributed by atoms with Gasteiger partial charge in [-0.1, -0.05) is 49.3 Å². The van der Waals surface area contributed by atoms with E-state index < -0.39 is 0 Å². The molecule has 0 unspecified atom stereocenters. The van der Waals surface area contributed by atoms with E-state index in [0.717, 1.165) is 13.1 Å².